The zero-order chi connectivity index (χ0) is 13.0. The van der Waals surface area contributed by atoms with Crippen molar-refractivity contribution < 1.29 is 9.59 Å². The molecular formula is C14H18N2O2. The standard InChI is InChI=1S/C14H18N2O2/c1-10(17)11-4-2-6-13(8-11)16-14(18)12-5-3-7-15-9-12/h2,4,6,8,12,15H,3,5,7,9H2,1H3,(H,16,18). The Morgan fingerprint density at radius 3 is 2.89 bits per heavy atom. The Balaban J connectivity index is 2.02. The molecule has 96 valence electrons. The summed E-state index contributed by atoms with van der Waals surface area (Å²) in [4.78, 5) is 23.3. The average Bonchev–Trinajstić information content (AvgIpc) is 2.40. The van der Waals surface area contributed by atoms with E-state index in [0.29, 0.717) is 11.3 Å². The number of amides is 1. The van der Waals surface area contributed by atoms with Gasteiger partial charge < -0.3 is 10.6 Å². The predicted octanol–water partition coefficient (Wildman–Crippen LogP) is 1.83. The number of rotatable bonds is 3. The van der Waals surface area contributed by atoms with Crippen LogP contribution in [0.5, 0.6) is 0 Å². The van der Waals surface area contributed by atoms with Gasteiger partial charge in [0.15, 0.2) is 5.78 Å². The molecule has 0 aromatic heterocycles. The molecule has 1 unspecified atom stereocenters. The van der Waals surface area contributed by atoms with E-state index in [9.17, 15) is 9.59 Å². The van der Waals surface area contributed by atoms with Crippen LogP contribution in [-0.2, 0) is 4.79 Å². The molecule has 0 radical (unpaired) electrons. The van der Waals surface area contributed by atoms with Gasteiger partial charge in [0.2, 0.25) is 5.91 Å². The number of benzene rings is 1. The first-order valence-corrected chi connectivity index (χ1v) is 6.29. The molecule has 1 amide bonds. The zero-order valence-corrected chi connectivity index (χ0v) is 10.5. The van der Waals surface area contributed by atoms with Crippen molar-refractivity contribution >= 4 is 17.4 Å². The first-order valence-electron chi connectivity index (χ1n) is 6.29. The lowest BCUT2D eigenvalue weighted by atomic mass is 9.98. The summed E-state index contributed by atoms with van der Waals surface area (Å²) >= 11 is 0. The van der Waals surface area contributed by atoms with Crippen LogP contribution in [-0.4, -0.2) is 24.8 Å². The maximum Gasteiger partial charge on any atom is 0.228 e. The second kappa shape index (κ2) is 5.78. The summed E-state index contributed by atoms with van der Waals surface area (Å²) in [6, 6.07) is 7.06. The van der Waals surface area contributed by atoms with Gasteiger partial charge in [-0.05, 0) is 38.4 Å². The van der Waals surface area contributed by atoms with Crippen molar-refractivity contribution in [2.45, 2.75) is 19.8 Å². The molecule has 4 heteroatoms. The fourth-order valence-electron chi connectivity index (χ4n) is 2.14. The monoisotopic (exact) mass is 246 g/mol. The highest BCUT2D eigenvalue weighted by molar-refractivity contribution is 5.97. The number of anilines is 1. The summed E-state index contributed by atoms with van der Waals surface area (Å²) < 4.78 is 0. The Bertz CT molecular complexity index is 451. The van der Waals surface area contributed by atoms with Crippen molar-refractivity contribution in [3.05, 3.63) is 29.8 Å². The number of carbonyl (C=O) groups is 2. The first kappa shape index (κ1) is 12.8. The van der Waals surface area contributed by atoms with Gasteiger partial charge in [-0.25, -0.2) is 0 Å². The van der Waals surface area contributed by atoms with E-state index in [1.165, 1.54) is 6.92 Å². The number of carbonyl (C=O) groups excluding carboxylic acids is 2. The lowest BCUT2D eigenvalue weighted by Gasteiger charge is -2.21. The van der Waals surface area contributed by atoms with Gasteiger partial charge in [-0.1, -0.05) is 12.1 Å². The SMILES string of the molecule is CC(=O)c1cccc(NC(=O)C2CCCNC2)c1. The minimum Gasteiger partial charge on any atom is -0.326 e. The van der Waals surface area contributed by atoms with Gasteiger partial charge in [-0.15, -0.1) is 0 Å². The summed E-state index contributed by atoms with van der Waals surface area (Å²) in [5.74, 6) is 0.0630. The van der Waals surface area contributed by atoms with Crippen LogP contribution in [0, 0.1) is 5.92 Å². The minimum absolute atomic E-state index is 0.00503. The quantitative estimate of drug-likeness (QED) is 0.800. The lowest BCUT2D eigenvalue weighted by molar-refractivity contribution is -0.120. The first-order chi connectivity index (χ1) is 8.66. The molecule has 0 saturated carbocycles. The van der Waals surface area contributed by atoms with E-state index >= 15 is 0 Å². The molecule has 4 nitrogen and oxygen atoms in total. The average molecular weight is 246 g/mol. The Morgan fingerprint density at radius 1 is 1.39 bits per heavy atom. The van der Waals surface area contributed by atoms with E-state index in [1.54, 1.807) is 24.3 Å². The van der Waals surface area contributed by atoms with E-state index in [0.717, 1.165) is 25.9 Å². The lowest BCUT2D eigenvalue weighted by Crippen LogP contribution is -2.37. The van der Waals surface area contributed by atoms with Crippen LogP contribution < -0.4 is 10.6 Å². The number of ketones is 1. The topological polar surface area (TPSA) is 58.2 Å². The maximum atomic E-state index is 12.0. The molecule has 0 bridgehead atoms. The third-order valence-corrected chi connectivity index (χ3v) is 3.20. The van der Waals surface area contributed by atoms with E-state index in [2.05, 4.69) is 10.6 Å². The van der Waals surface area contributed by atoms with Gasteiger partial charge >= 0.3 is 0 Å². The smallest absolute Gasteiger partial charge is 0.228 e. The highest BCUT2D eigenvalue weighted by Gasteiger charge is 2.20. The van der Waals surface area contributed by atoms with Crippen LogP contribution in [0.15, 0.2) is 24.3 Å². The zero-order valence-electron chi connectivity index (χ0n) is 10.5. The molecule has 1 heterocycles. The molecule has 1 aromatic rings. The van der Waals surface area contributed by atoms with Gasteiger partial charge in [0.05, 0.1) is 5.92 Å². The Kier molecular flexibility index (Phi) is 4.10. The second-order valence-corrected chi connectivity index (χ2v) is 4.67. The third-order valence-electron chi connectivity index (χ3n) is 3.20. The minimum atomic E-state index is 0.00503. The Morgan fingerprint density at radius 2 is 2.22 bits per heavy atom. The fraction of sp³-hybridized carbons (Fsp3) is 0.429. The van der Waals surface area contributed by atoms with Gasteiger partial charge in [-0.3, -0.25) is 9.59 Å². The summed E-state index contributed by atoms with van der Waals surface area (Å²) in [7, 11) is 0. The molecule has 1 saturated heterocycles. The molecule has 18 heavy (non-hydrogen) atoms. The van der Waals surface area contributed by atoms with Gasteiger partial charge in [-0.2, -0.15) is 0 Å². The van der Waals surface area contributed by atoms with E-state index < -0.39 is 0 Å². The Hall–Kier alpha value is -1.68. The van der Waals surface area contributed by atoms with E-state index in [4.69, 9.17) is 0 Å². The molecule has 2 rings (SSSR count). The fourth-order valence-corrected chi connectivity index (χ4v) is 2.14. The van der Waals surface area contributed by atoms with E-state index in [1.807, 2.05) is 0 Å². The van der Waals surface area contributed by atoms with Crippen molar-refractivity contribution in [1.82, 2.24) is 5.32 Å². The number of hydrogen-bond donors (Lipinski definition) is 2. The molecule has 1 aliphatic rings. The van der Waals surface area contributed by atoms with Crippen LogP contribution in [0.2, 0.25) is 0 Å². The van der Waals surface area contributed by atoms with Crippen LogP contribution >= 0.6 is 0 Å². The summed E-state index contributed by atoms with van der Waals surface area (Å²) in [6.45, 7) is 3.24. The van der Waals surface area contributed by atoms with Crippen molar-refractivity contribution in [2.75, 3.05) is 18.4 Å². The van der Waals surface area contributed by atoms with Crippen molar-refractivity contribution in [3.63, 3.8) is 0 Å². The normalized spacial score (nSPS) is 19.3. The van der Waals surface area contributed by atoms with Crippen molar-refractivity contribution in [1.29, 1.82) is 0 Å². The largest absolute Gasteiger partial charge is 0.326 e. The molecule has 1 atom stereocenters. The third kappa shape index (κ3) is 3.17. The van der Waals surface area contributed by atoms with Crippen LogP contribution in [0.25, 0.3) is 0 Å². The summed E-state index contributed by atoms with van der Waals surface area (Å²) in [6.07, 6.45) is 1.96. The summed E-state index contributed by atoms with van der Waals surface area (Å²) in [5, 5.41) is 6.09. The second-order valence-electron chi connectivity index (χ2n) is 4.67. The van der Waals surface area contributed by atoms with Crippen LogP contribution in [0.1, 0.15) is 30.1 Å². The van der Waals surface area contributed by atoms with Gasteiger partial charge in [0.1, 0.15) is 0 Å². The van der Waals surface area contributed by atoms with Crippen LogP contribution in [0.4, 0.5) is 5.69 Å². The summed E-state index contributed by atoms with van der Waals surface area (Å²) in [5.41, 5.74) is 1.31. The van der Waals surface area contributed by atoms with E-state index in [-0.39, 0.29) is 17.6 Å². The molecule has 1 fully saturated rings. The van der Waals surface area contributed by atoms with Gasteiger partial charge in [0.25, 0.3) is 0 Å². The van der Waals surface area contributed by atoms with Crippen molar-refractivity contribution in [3.8, 4) is 0 Å². The molecule has 2 N–H and O–H groups in total. The maximum absolute atomic E-state index is 12.0. The number of nitrogens with one attached hydrogen (secondary N) is 2. The molecular weight excluding hydrogens is 228 g/mol. The number of Topliss-reactive ketones (excluding diaryl/α,β-unsaturated/α-hetero) is 1. The Labute approximate surface area is 107 Å². The molecule has 0 aliphatic carbocycles. The predicted molar refractivity (Wildman–Crippen MR) is 70.7 cm³/mol. The number of hydrogen-bond acceptors (Lipinski definition) is 3. The van der Waals surface area contributed by atoms with Crippen LogP contribution in [0.3, 0.4) is 0 Å². The highest BCUT2D eigenvalue weighted by atomic mass is 16.2. The van der Waals surface area contributed by atoms with Crippen molar-refractivity contribution in [2.24, 2.45) is 5.92 Å². The van der Waals surface area contributed by atoms with Gasteiger partial charge in [0, 0.05) is 17.8 Å². The highest BCUT2D eigenvalue weighted by Crippen LogP contribution is 2.15. The molecule has 0 spiro atoms. The number of piperidine rings is 1. The molecule has 1 aliphatic heterocycles. The molecule has 1 aromatic carbocycles.